The summed E-state index contributed by atoms with van der Waals surface area (Å²) in [6.45, 7) is 12.9. The minimum atomic E-state index is -0.215. The van der Waals surface area contributed by atoms with Crippen molar-refractivity contribution in [2.45, 2.75) is 72.1 Å². The van der Waals surface area contributed by atoms with Crippen molar-refractivity contribution in [2.24, 2.45) is 0 Å². The van der Waals surface area contributed by atoms with Gasteiger partial charge in [0.15, 0.2) is 0 Å². The van der Waals surface area contributed by atoms with E-state index in [0.29, 0.717) is 0 Å². The molecule has 0 saturated carbocycles. The fourth-order valence-corrected chi connectivity index (χ4v) is 5.14. The van der Waals surface area contributed by atoms with Crippen molar-refractivity contribution in [1.82, 2.24) is 0 Å². The quantitative estimate of drug-likeness (QED) is 0.244. The molecule has 0 aliphatic rings. The Kier molecular flexibility index (Phi) is 8.07. The Morgan fingerprint density at radius 2 is 0.778 bits per heavy atom. The van der Waals surface area contributed by atoms with E-state index in [1.165, 1.54) is 25.1 Å². The third kappa shape index (κ3) is 7.84. The first kappa shape index (κ1) is 26.2. The molecule has 0 N–H and O–H groups in total. The van der Waals surface area contributed by atoms with Crippen LogP contribution in [0.4, 0.5) is 0 Å². The Bertz CT molecular complexity index is 1250. The molecule has 4 rings (SSSR count). The number of rotatable bonds is 7. The Morgan fingerprint density at radius 3 is 1.17 bits per heavy atom. The zero-order valence-corrected chi connectivity index (χ0v) is 23.5. The van der Waals surface area contributed by atoms with E-state index in [0.717, 1.165) is 17.2 Å². The molecule has 0 radical (unpaired) electrons. The zero-order chi connectivity index (χ0) is 25.8. The highest BCUT2D eigenvalue weighted by atomic mass is 32.2. The lowest BCUT2D eigenvalue weighted by Gasteiger charge is -2.21. The monoisotopic (exact) mass is 514 g/mol. The van der Waals surface area contributed by atoms with E-state index in [9.17, 15) is 0 Å². The first-order valence-corrected chi connectivity index (χ1v) is 13.8. The second-order valence-electron chi connectivity index (χ2n) is 10.7. The SMILES string of the molecule is CC(C)(C)Oc1ccc(Oc2ccc(Sc3ccc(Sc4ccc(C(C)(C)C)cc4)cc3)cc2)cc1. The lowest BCUT2D eigenvalue weighted by atomic mass is 9.87. The molecule has 186 valence electrons. The molecule has 4 heteroatoms. The fraction of sp³-hybridized carbons (Fsp3) is 0.250. The maximum absolute atomic E-state index is 6.00. The smallest absolute Gasteiger partial charge is 0.127 e. The zero-order valence-electron chi connectivity index (χ0n) is 21.9. The molecular formula is C32H34O2S2. The van der Waals surface area contributed by atoms with Crippen LogP contribution in [0.25, 0.3) is 0 Å². The van der Waals surface area contributed by atoms with Crippen LogP contribution < -0.4 is 9.47 Å². The molecule has 0 atom stereocenters. The van der Waals surface area contributed by atoms with Crippen LogP contribution in [0, 0.1) is 0 Å². The molecule has 36 heavy (non-hydrogen) atoms. The molecule has 4 aromatic carbocycles. The highest BCUT2D eigenvalue weighted by Crippen LogP contribution is 2.34. The first-order valence-electron chi connectivity index (χ1n) is 12.2. The summed E-state index contributed by atoms with van der Waals surface area (Å²) >= 11 is 3.54. The van der Waals surface area contributed by atoms with E-state index < -0.39 is 0 Å². The summed E-state index contributed by atoms with van der Waals surface area (Å²) in [5, 5.41) is 0. The number of ether oxygens (including phenoxy) is 2. The van der Waals surface area contributed by atoms with E-state index in [1.807, 2.05) is 57.2 Å². The van der Waals surface area contributed by atoms with Crippen molar-refractivity contribution in [3.63, 3.8) is 0 Å². The maximum atomic E-state index is 6.00. The maximum Gasteiger partial charge on any atom is 0.127 e. The number of hydrogen-bond acceptors (Lipinski definition) is 4. The van der Waals surface area contributed by atoms with Crippen LogP contribution in [0.2, 0.25) is 0 Å². The largest absolute Gasteiger partial charge is 0.488 e. The van der Waals surface area contributed by atoms with Gasteiger partial charge >= 0.3 is 0 Å². The van der Waals surface area contributed by atoms with Crippen molar-refractivity contribution in [3.8, 4) is 17.2 Å². The van der Waals surface area contributed by atoms with E-state index >= 15 is 0 Å². The number of hydrogen-bond donors (Lipinski definition) is 0. The molecule has 2 nitrogen and oxygen atoms in total. The van der Waals surface area contributed by atoms with Crippen LogP contribution >= 0.6 is 23.5 Å². The third-order valence-electron chi connectivity index (χ3n) is 5.32. The predicted octanol–water partition coefficient (Wildman–Crippen LogP) is 10.3. The van der Waals surface area contributed by atoms with Crippen molar-refractivity contribution in [3.05, 3.63) is 103 Å². The Morgan fingerprint density at radius 1 is 0.444 bits per heavy atom. The molecular weight excluding hydrogens is 480 g/mol. The van der Waals surface area contributed by atoms with Gasteiger partial charge in [0.25, 0.3) is 0 Å². The van der Waals surface area contributed by atoms with E-state index in [2.05, 4.69) is 81.4 Å². The van der Waals surface area contributed by atoms with E-state index in [-0.39, 0.29) is 11.0 Å². The van der Waals surface area contributed by atoms with Gasteiger partial charge in [0, 0.05) is 19.6 Å². The van der Waals surface area contributed by atoms with Gasteiger partial charge in [0.05, 0.1) is 0 Å². The molecule has 4 aromatic rings. The lowest BCUT2D eigenvalue weighted by Crippen LogP contribution is -2.22. The molecule has 0 aliphatic carbocycles. The molecule has 0 amide bonds. The normalized spacial score (nSPS) is 11.8. The van der Waals surface area contributed by atoms with Gasteiger partial charge in [0.1, 0.15) is 22.8 Å². The van der Waals surface area contributed by atoms with Gasteiger partial charge in [-0.05, 0) is 117 Å². The third-order valence-corrected chi connectivity index (χ3v) is 7.35. The Hall–Kier alpha value is -2.82. The minimum Gasteiger partial charge on any atom is -0.488 e. The Balaban J connectivity index is 1.31. The van der Waals surface area contributed by atoms with Gasteiger partial charge in [-0.2, -0.15) is 0 Å². The van der Waals surface area contributed by atoms with Crippen molar-refractivity contribution in [2.75, 3.05) is 0 Å². The summed E-state index contributed by atoms with van der Waals surface area (Å²) in [7, 11) is 0. The van der Waals surface area contributed by atoms with E-state index in [4.69, 9.17) is 9.47 Å². The molecule has 0 bridgehead atoms. The predicted molar refractivity (Wildman–Crippen MR) is 153 cm³/mol. The molecule has 0 aromatic heterocycles. The average molecular weight is 515 g/mol. The van der Waals surface area contributed by atoms with Gasteiger partial charge in [0.2, 0.25) is 0 Å². The Labute approximate surface area is 224 Å². The standard InChI is InChI=1S/C32H34O2S2/c1-31(2,3)23-7-15-27(16-8-23)35-29-19-21-30(22-20-29)36-28-17-13-25(14-18-28)33-24-9-11-26(12-10-24)34-32(4,5)6/h7-22H,1-6H3. The minimum absolute atomic E-state index is 0.180. The summed E-state index contributed by atoms with van der Waals surface area (Å²) < 4.78 is 11.9. The van der Waals surface area contributed by atoms with Crippen LogP contribution in [-0.4, -0.2) is 5.60 Å². The molecule has 0 unspecified atom stereocenters. The summed E-state index contributed by atoms with van der Waals surface area (Å²) in [5.74, 6) is 2.44. The molecule has 0 aliphatic heterocycles. The summed E-state index contributed by atoms with van der Waals surface area (Å²) in [5.41, 5.74) is 1.32. The van der Waals surface area contributed by atoms with Gasteiger partial charge in [-0.1, -0.05) is 56.4 Å². The molecule has 0 saturated heterocycles. The molecule has 0 spiro atoms. The van der Waals surface area contributed by atoms with Crippen LogP contribution in [-0.2, 0) is 5.41 Å². The van der Waals surface area contributed by atoms with Crippen LogP contribution in [0.5, 0.6) is 17.2 Å². The van der Waals surface area contributed by atoms with Crippen molar-refractivity contribution in [1.29, 1.82) is 0 Å². The van der Waals surface area contributed by atoms with Gasteiger partial charge < -0.3 is 9.47 Å². The van der Waals surface area contributed by atoms with Gasteiger partial charge in [-0.25, -0.2) is 0 Å². The van der Waals surface area contributed by atoms with Crippen molar-refractivity contribution >= 4 is 23.5 Å². The summed E-state index contributed by atoms with van der Waals surface area (Å²) in [6.07, 6.45) is 0. The topological polar surface area (TPSA) is 18.5 Å². The first-order chi connectivity index (χ1) is 17.0. The fourth-order valence-electron chi connectivity index (χ4n) is 3.51. The highest BCUT2D eigenvalue weighted by molar-refractivity contribution is 7.99. The van der Waals surface area contributed by atoms with Gasteiger partial charge in [-0.15, -0.1) is 0 Å². The average Bonchev–Trinajstić information content (AvgIpc) is 2.82. The van der Waals surface area contributed by atoms with Gasteiger partial charge in [-0.3, -0.25) is 0 Å². The van der Waals surface area contributed by atoms with Crippen LogP contribution in [0.1, 0.15) is 47.1 Å². The van der Waals surface area contributed by atoms with Crippen LogP contribution in [0.3, 0.4) is 0 Å². The lowest BCUT2D eigenvalue weighted by molar-refractivity contribution is 0.131. The van der Waals surface area contributed by atoms with E-state index in [1.54, 1.807) is 23.5 Å². The highest BCUT2D eigenvalue weighted by Gasteiger charge is 2.13. The van der Waals surface area contributed by atoms with Crippen LogP contribution in [0.15, 0.2) is 117 Å². The summed E-state index contributed by atoms with van der Waals surface area (Å²) in [4.78, 5) is 4.89. The molecule has 0 fully saturated rings. The number of benzene rings is 4. The van der Waals surface area contributed by atoms with Crippen molar-refractivity contribution < 1.29 is 9.47 Å². The molecule has 0 heterocycles. The second kappa shape index (κ2) is 11.1. The summed E-state index contributed by atoms with van der Waals surface area (Å²) in [6, 6.07) is 33.6. The second-order valence-corrected chi connectivity index (χ2v) is 13.0.